The van der Waals surface area contributed by atoms with Gasteiger partial charge in [0, 0.05) is 12.2 Å². The highest BCUT2D eigenvalue weighted by molar-refractivity contribution is 6.00. The molecule has 1 fully saturated rings. The second-order valence-corrected chi connectivity index (χ2v) is 5.39. The molecule has 0 aliphatic carbocycles. The van der Waals surface area contributed by atoms with Crippen molar-refractivity contribution >= 4 is 11.6 Å². The molecule has 0 aromatic heterocycles. The highest BCUT2D eigenvalue weighted by atomic mass is 19.1. The van der Waals surface area contributed by atoms with Crippen LogP contribution in [0.1, 0.15) is 39.5 Å². The summed E-state index contributed by atoms with van der Waals surface area (Å²) in [6.45, 7) is 5.45. The zero-order chi connectivity index (χ0) is 14.6. The van der Waals surface area contributed by atoms with Crippen molar-refractivity contribution in [1.29, 1.82) is 0 Å². The van der Waals surface area contributed by atoms with Crippen molar-refractivity contribution in [1.82, 2.24) is 5.32 Å². The molecule has 0 bridgehead atoms. The quantitative estimate of drug-likeness (QED) is 0.897. The van der Waals surface area contributed by atoms with Crippen LogP contribution in [-0.4, -0.2) is 24.5 Å². The maximum Gasteiger partial charge on any atom is 0.247 e. The molecular weight excluding hydrogens is 255 g/mol. The number of hydrogen-bond acceptors (Lipinski definition) is 2. The van der Waals surface area contributed by atoms with E-state index in [0.717, 1.165) is 32.2 Å². The lowest BCUT2D eigenvalue weighted by Gasteiger charge is -2.34. The molecule has 1 saturated heterocycles. The molecule has 0 radical (unpaired) electrons. The van der Waals surface area contributed by atoms with Gasteiger partial charge in [0.05, 0.1) is 5.54 Å². The highest BCUT2D eigenvalue weighted by Crippen LogP contribution is 2.29. The first kappa shape index (κ1) is 15.0. The first-order valence-electron chi connectivity index (χ1n) is 7.45. The predicted octanol–water partition coefficient (Wildman–Crippen LogP) is 3.10. The lowest BCUT2D eigenvalue weighted by molar-refractivity contribution is -0.124. The molecule has 1 aromatic carbocycles. The summed E-state index contributed by atoms with van der Waals surface area (Å²) in [5.41, 5.74) is 0.179. The van der Waals surface area contributed by atoms with E-state index in [1.165, 1.54) is 12.1 Å². The summed E-state index contributed by atoms with van der Waals surface area (Å²) in [7, 11) is 0. The number of anilines is 1. The molecule has 0 spiro atoms. The minimum atomic E-state index is -0.461. The smallest absolute Gasteiger partial charge is 0.247 e. The van der Waals surface area contributed by atoms with Crippen LogP contribution in [-0.2, 0) is 4.79 Å². The molecule has 1 amide bonds. The zero-order valence-electron chi connectivity index (χ0n) is 12.3. The van der Waals surface area contributed by atoms with E-state index in [-0.39, 0.29) is 11.7 Å². The summed E-state index contributed by atoms with van der Waals surface area (Å²) in [4.78, 5) is 14.6. The van der Waals surface area contributed by atoms with Crippen LogP contribution in [0.25, 0.3) is 0 Å². The van der Waals surface area contributed by atoms with Gasteiger partial charge in [0.2, 0.25) is 5.91 Å². The number of rotatable bonds is 5. The second-order valence-electron chi connectivity index (χ2n) is 5.39. The van der Waals surface area contributed by atoms with Gasteiger partial charge in [-0.3, -0.25) is 4.79 Å². The molecular formula is C16H23FN2O. The first-order valence-corrected chi connectivity index (χ1v) is 7.45. The maximum atomic E-state index is 13.4. The fourth-order valence-electron chi connectivity index (χ4n) is 3.08. The number of hydrogen-bond donors (Lipinski definition) is 1. The van der Waals surface area contributed by atoms with E-state index in [0.29, 0.717) is 12.2 Å². The van der Waals surface area contributed by atoms with E-state index >= 15 is 0 Å². The van der Waals surface area contributed by atoms with Crippen molar-refractivity contribution in [3.63, 3.8) is 0 Å². The van der Waals surface area contributed by atoms with Gasteiger partial charge in [-0.25, -0.2) is 4.39 Å². The predicted molar refractivity (Wildman–Crippen MR) is 79.3 cm³/mol. The van der Waals surface area contributed by atoms with Crippen molar-refractivity contribution in [2.45, 2.75) is 45.1 Å². The largest absolute Gasteiger partial charge is 0.311 e. The Morgan fingerprint density at radius 1 is 1.45 bits per heavy atom. The summed E-state index contributed by atoms with van der Waals surface area (Å²) in [6.07, 6.45) is 3.68. The molecule has 1 heterocycles. The van der Waals surface area contributed by atoms with Crippen LogP contribution in [0.15, 0.2) is 24.3 Å². The Morgan fingerprint density at radius 2 is 2.25 bits per heavy atom. The van der Waals surface area contributed by atoms with Crippen molar-refractivity contribution in [3.05, 3.63) is 30.1 Å². The number of likely N-dealkylation sites (N-methyl/N-ethyl adjacent to an activating group) is 1. The van der Waals surface area contributed by atoms with E-state index in [1.807, 2.05) is 6.92 Å². The lowest BCUT2D eigenvalue weighted by atomic mass is 9.90. The van der Waals surface area contributed by atoms with Gasteiger partial charge in [-0.05, 0) is 50.9 Å². The molecule has 1 unspecified atom stereocenters. The summed E-state index contributed by atoms with van der Waals surface area (Å²) >= 11 is 0. The maximum absolute atomic E-state index is 13.4. The monoisotopic (exact) mass is 278 g/mol. The van der Waals surface area contributed by atoms with Crippen LogP contribution >= 0.6 is 0 Å². The van der Waals surface area contributed by atoms with Gasteiger partial charge in [0.25, 0.3) is 0 Å². The Balaban J connectivity index is 2.28. The number of amides is 1. The molecule has 110 valence electrons. The van der Waals surface area contributed by atoms with Crippen molar-refractivity contribution in [3.8, 4) is 0 Å². The van der Waals surface area contributed by atoms with Crippen LogP contribution in [0, 0.1) is 5.82 Å². The zero-order valence-corrected chi connectivity index (χ0v) is 12.3. The molecule has 4 heteroatoms. The van der Waals surface area contributed by atoms with Crippen LogP contribution in [0.3, 0.4) is 0 Å². The number of nitrogens with one attached hydrogen (secondary N) is 1. The van der Waals surface area contributed by atoms with E-state index in [2.05, 4.69) is 12.2 Å². The average molecular weight is 278 g/mol. The minimum absolute atomic E-state index is 0.0740. The van der Waals surface area contributed by atoms with Gasteiger partial charge in [-0.1, -0.05) is 19.4 Å². The average Bonchev–Trinajstić information content (AvgIpc) is 2.90. The van der Waals surface area contributed by atoms with Crippen LogP contribution in [0.2, 0.25) is 0 Å². The molecule has 20 heavy (non-hydrogen) atoms. The Hall–Kier alpha value is -1.42. The highest BCUT2D eigenvalue weighted by Gasteiger charge is 2.42. The molecule has 1 N–H and O–H groups in total. The third kappa shape index (κ3) is 2.85. The molecule has 1 atom stereocenters. The summed E-state index contributed by atoms with van der Waals surface area (Å²) in [6, 6.07) is 6.27. The van der Waals surface area contributed by atoms with E-state index in [1.54, 1.807) is 17.0 Å². The number of nitrogens with zero attached hydrogens (tertiary/aromatic N) is 1. The van der Waals surface area contributed by atoms with Crippen molar-refractivity contribution in [2.24, 2.45) is 0 Å². The fraction of sp³-hybridized carbons (Fsp3) is 0.562. The summed E-state index contributed by atoms with van der Waals surface area (Å²) in [5.74, 6) is -0.234. The normalized spacial score (nSPS) is 21.9. The van der Waals surface area contributed by atoms with Crippen LogP contribution < -0.4 is 10.2 Å². The topological polar surface area (TPSA) is 32.3 Å². The number of benzene rings is 1. The van der Waals surface area contributed by atoms with Crippen molar-refractivity contribution < 1.29 is 9.18 Å². The summed E-state index contributed by atoms with van der Waals surface area (Å²) < 4.78 is 13.4. The third-order valence-corrected chi connectivity index (χ3v) is 4.01. The van der Waals surface area contributed by atoms with E-state index in [4.69, 9.17) is 0 Å². The Bertz CT molecular complexity index is 469. The van der Waals surface area contributed by atoms with Gasteiger partial charge in [0.1, 0.15) is 5.82 Å². The molecule has 1 aliphatic rings. The number of carbonyl (C=O) groups excluding carboxylic acids is 1. The fourth-order valence-corrected chi connectivity index (χ4v) is 3.08. The SMILES string of the molecule is CCCC1(C(=O)N(CC)c2cccc(F)c2)CCCN1. The van der Waals surface area contributed by atoms with Crippen molar-refractivity contribution in [2.75, 3.05) is 18.0 Å². The van der Waals surface area contributed by atoms with Crippen LogP contribution in [0.5, 0.6) is 0 Å². The van der Waals surface area contributed by atoms with E-state index in [9.17, 15) is 9.18 Å². The molecule has 0 saturated carbocycles. The first-order chi connectivity index (χ1) is 9.63. The van der Waals surface area contributed by atoms with Gasteiger partial charge in [0.15, 0.2) is 0 Å². The number of halogens is 1. The van der Waals surface area contributed by atoms with E-state index < -0.39 is 5.54 Å². The summed E-state index contributed by atoms with van der Waals surface area (Å²) in [5, 5.41) is 3.39. The Kier molecular flexibility index (Phi) is 4.76. The Morgan fingerprint density at radius 3 is 2.80 bits per heavy atom. The van der Waals surface area contributed by atoms with Gasteiger partial charge >= 0.3 is 0 Å². The molecule has 1 aliphatic heterocycles. The standard InChI is InChI=1S/C16H23FN2O/c1-3-9-16(10-6-11-18-16)15(20)19(4-2)14-8-5-7-13(17)12-14/h5,7-8,12,18H,3-4,6,9-11H2,1-2H3. The molecule has 2 rings (SSSR count). The number of carbonyl (C=O) groups is 1. The Labute approximate surface area is 120 Å². The van der Waals surface area contributed by atoms with Gasteiger partial charge in [-0.15, -0.1) is 0 Å². The van der Waals surface area contributed by atoms with Gasteiger partial charge in [-0.2, -0.15) is 0 Å². The second kappa shape index (κ2) is 6.35. The third-order valence-electron chi connectivity index (χ3n) is 4.01. The lowest BCUT2D eigenvalue weighted by Crippen LogP contribution is -2.55. The molecule has 3 nitrogen and oxygen atoms in total. The molecule has 1 aromatic rings. The van der Waals surface area contributed by atoms with Gasteiger partial charge < -0.3 is 10.2 Å². The minimum Gasteiger partial charge on any atom is -0.311 e. The van der Waals surface area contributed by atoms with Crippen LogP contribution in [0.4, 0.5) is 10.1 Å².